The number of amides is 2. The van der Waals surface area contributed by atoms with Crippen molar-refractivity contribution in [1.29, 1.82) is 0 Å². The van der Waals surface area contributed by atoms with Crippen LogP contribution >= 0.6 is 0 Å². The Morgan fingerprint density at radius 1 is 1.50 bits per heavy atom. The summed E-state index contributed by atoms with van der Waals surface area (Å²) in [5.41, 5.74) is 1.57. The topological polar surface area (TPSA) is 95.7 Å². The van der Waals surface area contributed by atoms with Crippen molar-refractivity contribution in [1.82, 2.24) is 15.4 Å². The summed E-state index contributed by atoms with van der Waals surface area (Å²) in [4.78, 5) is 24.7. The molecule has 2 N–H and O–H groups in total. The molecule has 1 aromatic heterocycles. The molecule has 1 aliphatic rings. The van der Waals surface area contributed by atoms with Crippen molar-refractivity contribution in [3.63, 3.8) is 0 Å². The monoisotopic (exact) mass is 281 g/mol. The molecule has 2 amide bonds. The van der Waals surface area contributed by atoms with Gasteiger partial charge in [-0.1, -0.05) is 5.16 Å². The molecule has 2 rings (SSSR count). The van der Waals surface area contributed by atoms with Crippen LogP contribution in [0.15, 0.2) is 4.52 Å². The summed E-state index contributed by atoms with van der Waals surface area (Å²) >= 11 is 0. The lowest BCUT2D eigenvalue weighted by molar-refractivity contribution is -0.141. The van der Waals surface area contributed by atoms with E-state index in [0.29, 0.717) is 25.1 Å². The largest absolute Gasteiger partial charge is 0.480 e. The minimum absolute atomic E-state index is 0.274. The van der Waals surface area contributed by atoms with Gasteiger partial charge in [-0.2, -0.15) is 0 Å². The highest BCUT2D eigenvalue weighted by atomic mass is 16.5. The smallest absolute Gasteiger partial charge is 0.326 e. The highest BCUT2D eigenvalue weighted by Gasteiger charge is 2.34. The van der Waals surface area contributed by atoms with Gasteiger partial charge in [-0.25, -0.2) is 9.59 Å². The summed E-state index contributed by atoms with van der Waals surface area (Å²) in [5.74, 6) is -0.297. The minimum atomic E-state index is -0.956. The lowest BCUT2D eigenvalue weighted by Crippen LogP contribution is -2.46. The number of carbonyl (C=O) groups is 2. The number of nitrogens with zero attached hydrogens (tertiary/aromatic N) is 2. The summed E-state index contributed by atoms with van der Waals surface area (Å²) in [6.07, 6.45) is 1.21. The summed E-state index contributed by atoms with van der Waals surface area (Å²) in [5, 5.41) is 15.8. The predicted octanol–water partition coefficient (Wildman–Crippen LogP) is 1.61. The number of aryl methyl sites for hydroxylation is 2. The van der Waals surface area contributed by atoms with Gasteiger partial charge in [0.2, 0.25) is 0 Å². The highest BCUT2D eigenvalue weighted by Crippen LogP contribution is 2.23. The van der Waals surface area contributed by atoms with Crippen LogP contribution in [0.1, 0.15) is 42.8 Å². The van der Waals surface area contributed by atoms with Crippen LogP contribution in [0.4, 0.5) is 4.79 Å². The fourth-order valence-corrected chi connectivity index (χ4v) is 2.72. The third-order valence-electron chi connectivity index (χ3n) is 3.66. The van der Waals surface area contributed by atoms with E-state index in [1.54, 1.807) is 6.92 Å². The zero-order valence-corrected chi connectivity index (χ0v) is 11.8. The summed E-state index contributed by atoms with van der Waals surface area (Å²) in [6.45, 7) is 5.89. The van der Waals surface area contributed by atoms with E-state index < -0.39 is 12.0 Å². The molecular formula is C13H19N3O4. The molecule has 0 bridgehead atoms. The lowest BCUT2D eigenvalue weighted by atomic mass is 10.1. The number of aliphatic carboxylic acids is 1. The quantitative estimate of drug-likeness (QED) is 0.877. The maximum absolute atomic E-state index is 12.2. The van der Waals surface area contributed by atoms with Gasteiger partial charge in [0, 0.05) is 12.1 Å². The Kier molecular flexibility index (Phi) is 3.96. The third-order valence-corrected chi connectivity index (χ3v) is 3.66. The molecule has 0 aliphatic carbocycles. The highest BCUT2D eigenvalue weighted by molar-refractivity contribution is 5.83. The molecule has 0 aromatic carbocycles. The van der Waals surface area contributed by atoms with Crippen LogP contribution in [0.2, 0.25) is 0 Å². The van der Waals surface area contributed by atoms with Crippen LogP contribution in [-0.4, -0.2) is 39.8 Å². The molecule has 2 atom stereocenters. The fraction of sp³-hybridized carbons (Fsp3) is 0.615. The van der Waals surface area contributed by atoms with E-state index in [2.05, 4.69) is 10.5 Å². The van der Waals surface area contributed by atoms with Crippen LogP contribution < -0.4 is 5.32 Å². The predicted molar refractivity (Wildman–Crippen MR) is 70.3 cm³/mol. The number of carboxylic acid groups (broad SMARTS) is 1. The van der Waals surface area contributed by atoms with Crippen LogP contribution in [0, 0.1) is 13.8 Å². The molecule has 0 saturated carbocycles. The Balaban J connectivity index is 2.06. The van der Waals surface area contributed by atoms with E-state index in [9.17, 15) is 9.59 Å². The molecule has 7 heteroatoms. The second-order valence-electron chi connectivity index (χ2n) is 5.10. The van der Waals surface area contributed by atoms with E-state index in [-0.39, 0.29) is 12.1 Å². The Morgan fingerprint density at radius 3 is 2.75 bits per heavy atom. The molecule has 110 valence electrons. The molecule has 7 nitrogen and oxygen atoms in total. The number of rotatable bonds is 3. The molecule has 1 aromatic rings. The Labute approximate surface area is 116 Å². The minimum Gasteiger partial charge on any atom is -0.480 e. The first kappa shape index (κ1) is 14.4. The fourth-order valence-electron chi connectivity index (χ4n) is 2.72. The van der Waals surface area contributed by atoms with E-state index >= 15 is 0 Å². The number of aromatic nitrogens is 1. The standard InChI is InChI=1S/C13H19N3O4/c1-7(11-8(2)15-20-9(11)3)14-13(19)16-6-4-5-10(16)12(17)18/h7,10H,4-6H2,1-3H3,(H,14,19)(H,17,18)/t7?,10-/m1/s1. The summed E-state index contributed by atoms with van der Waals surface area (Å²) in [6, 6.07) is -1.36. The number of nitrogens with one attached hydrogen (secondary N) is 1. The first-order valence-corrected chi connectivity index (χ1v) is 6.64. The van der Waals surface area contributed by atoms with Gasteiger partial charge in [-0.05, 0) is 33.6 Å². The molecular weight excluding hydrogens is 262 g/mol. The molecule has 0 spiro atoms. The van der Waals surface area contributed by atoms with Crippen molar-refractivity contribution in [3.8, 4) is 0 Å². The zero-order chi connectivity index (χ0) is 14.9. The van der Waals surface area contributed by atoms with E-state index in [1.165, 1.54) is 4.90 Å². The van der Waals surface area contributed by atoms with Gasteiger partial charge in [0.15, 0.2) is 0 Å². The summed E-state index contributed by atoms with van der Waals surface area (Å²) < 4.78 is 5.07. The number of hydrogen-bond donors (Lipinski definition) is 2. The summed E-state index contributed by atoms with van der Waals surface area (Å²) in [7, 11) is 0. The van der Waals surface area contributed by atoms with Crippen molar-refractivity contribution >= 4 is 12.0 Å². The Hall–Kier alpha value is -2.05. The maximum Gasteiger partial charge on any atom is 0.326 e. The molecule has 2 heterocycles. The van der Waals surface area contributed by atoms with Gasteiger partial charge in [-0.3, -0.25) is 0 Å². The van der Waals surface area contributed by atoms with Crippen molar-refractivity contribution in [2.45, 2.75) is 45.7 Å². The number of hydrogen-bond acceptors (Lipinski definition) is 4. The normalized spacial score (nSPS) is 19.9. The Morgan fingerprint density at radius 2 is 2.20 bits per heavy atom. The Bertz CT molecular complexity index is 506. The second kappa shape index (κ2) is 5.52. The molecule has 1 aliphatic heterocycles. The average Bonchev–Trinajstić information content (AvgIpc) is 2.96. The number of carboxylic acids is 1. The molecule has 20 heavy (non-hydrogen) atoms. The number of urea groups is 1. The van der Waals surface area contributed by atoms with Crippen molar-refractivity contribution in [2.24, 2.45) is 0 Å². The number of carbonyl (C=O) groups excluding carboxylic acids is 1. The number of likely N-dealkylation sites (tertiary alicyclic amines) is 1. The van der Waals surface area contributed by atoms with E-state index in [1.807, 2.05) is 13.8 Å². The van der Waals surface area contributed by atoms with E-state index in [0.717, 1.165) is 11.3 Å². The first-order chi connectivity index (χ1) is 9.41. The zero-order valence-electron chi connectivity index (χ0n) is 11.8. The van der Waals surface area contributed by atoms with Crippen molar-refractivity contribution < 1.29 is 19.2 Å². The van der Waals surface area contributed by atoms with Gasteiger partial charge >= 0.3 is 12.0 Å². The van der Waals surface area contributed by atoms with Crippen LogP contribution in [0.5, 0.6) is 0 Å². The van der Waals surface area contributed by atoms with Crippen molar-refractivity contribution in [2.75, 3.05) is 6.54 Å². The first-order valence-electron chi connectivity index (χ1n) is 6.64. The van der Waals surface area contributed by atoms with Gasteiger partial charge in [0.05, 0.1) is 11.7 Å². The lowest BCUT2D eigenvalue weighted by Gasteiger charge is -2.24. The SMILES string of the molecule is Cc1noc(C)c1C(C)NC(=O)N1CCC[C@@H]1C(=O)O. The van der Waals surface area contributed by atoms with Gasteiger partial charge < -0.3 is 19.8 Å². The van der Waals surface area contributed by atoms with Crippen LogP contribution in [0.3, 0.4) is 0 Å². The molecule has 1 saturated heterocycles. The maximum atomic E-state index is 12.2. The molecule has 1 fully saturated rings. The molecule has 1 unspecified atom stereocenters. The van der Waals surface area contributed by atoms with Gasteiger partial charge in [0.25, 0.3) is 0 Å². The van der Waals surface area contributed by atoms with Crippen LogP contribution in [0.25, 0.3) is 0 Å². The van der Waals surface area contributed by atoms with Crippen LogP contribution in [-0.2, 0) is 4.79 Å². The van der Waals surface area contributed by atoms with Crippen molar-refractivity contribution in [3.05, 3.63) is 17.0 Å². The third kappa shape index (κ3) is 2.61. The van der Waals surface area contributed by atoms with Gasteiger partial charge in [-0.15, -0.1) is 0 Å². The second-order valence-corrected chi connectivity index (χ2v) is 5.10. The van der Waals surface area contributed by atoms with Gasteiger partial charge in [0.1, 0.15) is 11.8 Å². The molecule has 0 radical (unpaired) electrons. The van der Waals surface area contributed by atoms with E-state index in [4.69, 9.17) is 9.63 Å². The average molecular weight is 281 g/mol.